The van der Waals surface area contributed by atoms with Gasteiger partial charge in [-0.2, -0.15) is 0 Å². The van der Waals surface area contributed by atoms with Crippen LogP contribution in [0.25, 0.3) is 0 Å². The van der Waals surface area contributed by atoms with Crippen molar-refractivity contribution in [3.05, 3.63) is 12.3 Å². The van der Waals surface area contributed by atoms with Gasteiger partial charge in [0.1, 0.15) is 0 Å². The molecule has 12 heavy (non-hydrogen) atoms. The number of carboxylic acid groups (broad SMARTS) is 1. The molecule has 0 radical (unpaired) electrons. The molecule has 0 rings (SSSR count). The molecular formula is C9H17NO2. The maximum absolute atomic E-state index is 10.2. The van der Waals surface area contributed by atoms with Crippen LogP contribution in [0.5, 0.6) is 0 Å². The van der Waals surface area contributed by atoms with Crippen molar-refractivity contribution in [1.82, 2.24) is 4.90 Å². The van der Waals surface area contributed by atoms with Crippen LogP contribution < -0.4 is 0 Å². The molecule has 0 saturated carbocycles. The van der Waals surface area contributed by atoms with E-state index in [0.29, 0.717) is 6.04 Å². The maximum Gasteiger partial charge on any atom is 0.329 e. The van der Waals surface area contributed by atoms with Gasteiger partial charge in [-0.3, -0.25) is 0 Å². The fraction of sp³-hybridized carbons (Fsp3) is 0.667. The summed E-state index contributed by atoms with van der Waals surface area (Å²) in [5.74, 6) is -0.892. The third-order valence-corrected chi connectivity index (χ3v) is 1.93. The number of nitrogens with zero attached hydrogens (tertiary/aromatic N) is 1. The first kappa shape index (κ1) is 11.0. The molecule has 0 aliphatic rings. The van der Waals surface area contributed by atoms with E-state index in [1.54, 1.807) is 6.20 Å². The normalized spacial score (nSPS) is 13.2. The van der Waals surface area contributed by atoms with Crippen LogP contribution in [0.2, 0.25) is 0 Å². The number of hydrogen-bond acceptors (Lipinski definition) is 2. The smallest absolute Gasteiger partial charge is 0.329 e. The van der Waals surface area contributed by atoms with Crippen LogP contribution in [0.15, 0.2) is 12.3 Å². The average molecular weight is 171 g/mol. The van der Waals surface area contributed by atoms with Crippen LogP contribution in [0.1, 0.15) is 27.2 Å². The fourth-order valence-electron chi connectivity index (χ4n) is 0.958. The Morgan fingerprint density at radius 1 is 1.58 bits per heavy atom. The Kier molecular flexibility index (Phi) is 5.17. The Hall–Kier alpha value is -0.990. The summed E-state index contributed by atoms with van der Waals surface area (Å²) in [6.45, 7) is 7.02. The van der Waals surface area contributed by atoms with Gasteiger partial charge in [0, 0.05) is 24.9 Å². The van der Waals surface area contributed by atoms with Crippen LogP contribution in [-0.2, 0) is 4.79 Å². The molecule has 0 aromatic rings. The van der Waals surface area contributed by atoms with Crippen LogP contribution in [0.3, 0.4) is 0 Å². The molecule has 0 amide bonds. The summed E-state index contributed by atoms with van der Waals surface area (Å²) in [6.07, 6.45) is 3.84. The highest BCUT2D eigenvalue weighted by molar-refractivity contribution is 5.79. The van der Waals surface area contributed by atoms with Crippen molar-refractivity contribution in [2.24, 2.45) is 0 Å². The number of aliphatic carboxylic acids is 1. The van der Waals surface area contributed by atoms with Crippen LogP contribution in [-0.4, -0.2) is 28.6 Å². The van der Waals surface area contributed by atoms with Crippen LogP contribution in [0, 0.1) is 0 Å². The van der Waals surface area contributed by atoms with Crippen molar-refractivity contribution in [2.45, 2.75) is 33.2 Å². The molecule has 3 heteroatoms. The predicted octanol–water partition coefficient (Wildman–Crippen LogP) is 1.71. The molecule has 3 nitrogen and oxygen atoms in total. The zero-order valence-electron chi connectivity index (χ0n) is 7.95. The van der Waals surface area contributed by atoms with Gasteiger partial charge in [0.2, 0.25) is 0 Å². The second-order valence-corrected chi connectivity index (χ2v) is 2.74. The van der Waals surface area contributed by atoms with Gasteiger partial charge >= 0.3 is 5.97 Å². The number of carbonyl (C=O) groups is 1. The number of rotatable bonds is 5. The lowest BCUT2D eigenvalue weighted by Gasteiger charge is -2.24. The molecule has 0 bridgehead atoms. The molecule has 0 fully saturated rings. The lowest BCUT2D eigenvalue weighted by molar-refractivity contribution is -0.131. The second kappa shape index (κ2) is 5.63. The molecule has 0 heterocycles. The van der Waals surface area contributed by atoms with E-state index in [1.807, 2.05) is 11.8 Å². The Balaban J connectivity index is 4.07. The predicted molar refractivity (Wildman–Crippen MR) is 48.9 cm³/mol. The van der Waals surface area contributed by atoms with Crippen molar-refractivity contribution in [1.29, 1.82) is 0 Å². The van der Waals surface area contributed by atoms with Crippen molar-refractivity contribution < 1.29 is 9.90 Å². The summed E-state index contributed by atoms with van der Waals surface area (Å²) in [6, 6.07) is 0.408. The van der Waals surface area contributed by atoms with E-state index in [0.717, 1.165) is 13.0 Å². The maximum atomic E-state index is 10.2. The minimum absolute atomic E-state index is 0.408. The zero-order chi connectivity index (χ0) is 9.56. The summed E-state index contributed by atoms with van der Waals surface area (Å²) >= 11 is 0. The van der Waals surface area contributed by atoms with Crippen LogP contribution in [0.4, 0.5) is 0 Å². The fourth-order valence-corrected chi connectivity index (χ4v) is 0.958. The van der Waals surface area contributed by atoms with Crippen molar-refractivity contribution in [3.63, 3.8) is 0 Å². The van der Waals surface area contributed by atoms with E-state index in [4.69, 9.17) is 5.11 Å². The van der Waals surface area contributed by atoms with Gasteiger partial charge < -0.3 is 10.0 Å². The molecule has 0 saturated heterocycles. The average Bonchev–Trinajstić information content (AvgIpc) is 2.04. The van der Waals surface area contributed by atoms with Crippen molar-refractivity contribution in [2.75, 3.05) is 6.54 Å². The highest BCUT2D eigenvalue weighted by Gasteiger charge is 2.04. The van der Waals surface area contributed by atoms with E-state index < -0.39 is 5.97 Å². The molecule has 0 aromatic heterocycles. The molecule has 70 valence electrons. The van der Waals surface area contributed by atoms with Crippen molar-refractivity contribution >= 4 is 5.97 Å². The van der Waals surface area contributed by atoms with Crippen LogP contribution >= 0.6 is 0 Å². The van der Waals surface area contributed by atoms with Gasteiger partial charge in [-0.1, -0.05) is 6.92 Å². The lowest BCUT2D eigenvalue weighted by Crippen LogP contribution is -2.27. The third kappa shape index (κ3) is 4.01. The van der Waals surface area contributed by atoms with Crippen molar-refractivity contribution in [3.8, 4) is 0 Å². The monoisotopic (exact) mass is 171 g/mol. The SMILES string of the molecule is CCC(C)N(C=CC(=O)O)CC. The molecule has 0 aliphatic heterocycles. The molecule has 1 N–H and O–H groups in total. The minimum Gasteiger partial charge on any atom is -0.478 e. The van der Waals surface area contributed by atoms with Gasteiger partial charge in [-0.05, 0) is 20.3 Å². The number of hydrogen-bond donors (Lipinski definition) is 1. The summed E-state index contributed by atoms with van der Waals surface area (Å²) in [7, 11) is 0. The van der Waals surface area contributed by atoms with Gasteiger partial charge in [0.05, 0.1) is 0 Å². The largest absolute Gasteiger partial charge is 0.478 e. The zero-order valence-corrected chi connectivity index (χ0v) is 7.95. The van der Waals surface area contributed by atoms with Gasteiger partial charge in [0.25, 0.3) is 0 Å². The quantitative estimate of drug-likeness (QED) is 0.640. The van der Waals surface area contributed by atoms with Gasteiger partial charge in [0.15, 0.2) is 0 Å². The first-order valence-electron chi connectivity index (χ1n) is 4.28. The van der Waals surface area contributed by atoms with Gasteiger partial charge in [-0.25, -0.2) is 4.79 Å². The van der Waals surface area contributed by atoms with E-state index in [9.17, 15) is 4.79 Å². The molecule has 1 unspecified atom stereocenters. The summed E-state index contributed by atoms with van der Waals surface area (Å²) in [4.78, 5) is 12.2. The molecule has 0 aromatic carbocycles. The Bertz CT molecular complexity index is 166. The highest BCUT2D eigenvalue weighted by atomic mass is 16.4. The summed E-state index contributed by atoms with van der Waals surface area (Å²) < 4.78 is 0. The van der Waals surface area contributed by atoms with Gasteiger partial charge in [-0.15, -0.1) is 0 Å². The summed E-state index contributed by atoms with van der Waals surface area (Å²) in [5.41, 5.74) is 0. The Labute approximate surface area is 73.7 Å². The molecule has 0 aliphatic carbocycles. The second-order valence-electron chi connectivity index (χ2n) is 2.74. The van der Waals surface area contributed by atoms with E-state index >= 15 is 0 Å². The molecule has 1 atom stereocenters. The molecular weight excluding hydrogens is 154 g/mol. The first-order chi connectivity index (χ1) is 5.61. The Morgan fingerprint density at radius 3 is 2.50 bits per heavy atom. The number of carboxylic acids is 1. The van der Waals surface area contributed by atoms with E-state index in [1.165, 1.54) is 6.08 Å². The minimum atomic E-state index is -0.892. The first-order valence-corrected chi connectivity index (χ1v) is 4.28. The molecule has 0 spiro atoms. The lowest BCUT2D eigenvalue weighted by atomic mass is 10.2. The highest BCUT2D eigenvalue weighted by Crippen LogP contribution is 2.02. The Morgan fingerprint density at radius 2 is 2.17 bits per heavy atom. The standard InChI is InChI=1S/C9H17NO2/c1-4-8(3)10(5-2)7-6-9(11)12/h6-8H,4-5H2,1-3H3,(H,11,12). The van der Waals surface area contributed by atoms with E-state index in [-0.39, 0.29) is 0 Å². The third-order valence-electron chi connectivity index (χ3n) is 1.93. The topological polar surface area (TPSA) is 40.5 Å². The summed E-state index contributed by atoms with van der Waals surface area (Å²) in [5, 5.41) is 8.40. The van der Waals surface area contributed by atoms with E-state index in [2.05, 4.69) is 13.8 Å².